The summed E-state index contributed by atoms with van der Waals surface area (Å²) in [6, 6.07) is 0. The highest BCUT2D eigenvalue weighted by atomic mass is 35.5. The van der Waals surface area contributed by atoms with Gasteiger partial charge in [0.2, 0.25) is 0 Å². The van der Waals surface area contributed by atoms with Crippen LogP contribution in [-0.2, 0) is 4.74 Å². The van der Waals surface area contributed by atoms with Crippen LogP contribution in [0.15, 0.2) is 12.4 Å². The molecule has 15 heavy (non-hydrogen) atoms. The summed E-state index contributed by atoms with van der Waals surface area (Å²) in [5, 5.41) is 2.96. The van der Waals surface area contributed by atoms with E-state index in [0.717, 1.165) is 6.42 Å². The van der Waals surface area contributed by atoms with Crippen LogP contribution in [0.4, 0.5) is 0 Å². The predicted molar refractivity (Wildman–Crippen MR) is 55.9 cm³/mol. The van der Waals surface area contributed by atoms with E-state index < -0.39 is 0 Å². The smallest absolute Gasteiger partial charge is 0.271 e. The van der Waals surface area contributed by atoms with Gasteiger partial charge in [0.15, 0.2) is 0 Å². The van der Waals surface area contributed by atoms with Crippen molar-refractivity contribution in [1.29, 1.82) is 0 Å². The molecule has 82 valence electrons. The standard InChI is InChI=1S/C9H12ClN3O2/c1-15-4-2-3-11-9(14)7-5-13-8(10)6-12-7/h5-6H,2-4H2,1H3,(H,11,14). The Kier molecular flexibility index (Phi) is 5.00. The molecule has 0 aromatic carbocycles. The highest BCUT2D eigenvalue weighted by Gasteiger charge is 2.06. The van der Waals surface area contributed by atoms with E-state index in [0.29, 0.717) is 13.2 Å². The van der Waals surface area contributed by atoms with E-state index >= 15 is 0 Å². The molecule has 0 spiro atoms. The van der Waals surface area contributed by atoms with Gasteiger partial charge in [0.1, 0.15) is 10.8 Å². The molecule has 5 nitrogen and oxygen atoms in total. The van der Waals surface area contributed by atoms with Crippen LogP contribution in [-0.4, -0.2) is 36.1 Å². The lowest BCUT2D eigenvalue weighted by Crippen LogP contribution is -2.26. The van der Waals surface area contributed by atoms with Crippen molar-refractivity contribution in [1.82, 2.24) is 15.3 Å². The molecule has 1 amide bonds. The molecule has 1 aromatic rings. The second-order valence-electron chi connectivity index (χ2n) is 2.83. The predicted octanol–water partition coefficient (Wildman–Crippen LogP) is 0.896. The van der Waals surface area contributed by atoms with Crippen molar-refractivity contribution < 1.29 is 9.53 Å². The lowest BCUT2D eigenvalue weighted by Gasteiger charge is -2.03. The van der Waals surface area contributed by atoms with Gasteiger partial charge < -0.3 is 10.1 Å². The van der Waals surface area contributed by atoms with Gasteiger partial charge in [-0.05, 0) is 6.42 Å². The maximum atomic E-state index is 11.4. The first-order valence-corrected chi connectivity index (χ1v) is 4.86. The van der Waals surface area contributed by atoms with Gasteiger partial charge in [-0.2, -0.15) is 0 Å². The van der Waals surface area contributed by atoms with Gasteiger partial charge in [-0.15, -0.1) is 0 Å². The summed E-state index contributed by atoms with van der Waals surface area (Å²) in [5.41, 5.74) is 0.261. The summed E-state index contributed by atoms with van der Waals surface area (Å²) in [6.45, 7) is 1.17. The van der Waals surface area contributed by atoms with Crippen LogP contribution in [0.25, 0.3) is 0 Å². The van der Waals surface area contributed by atoms with E-state index in [-0.39, 0.29) is 16.8 Å². The molecule has 1 rings (SSSR count). The minimum Gasteiger partial charge on any atom is -0.385 e. The number of rotatable bonds is 5. The second-order valence-corrected chi connectivity index (χ2v) is 3.21. The van der Waals surface area contributed by atoms with Gasteiger partial charge in [0.05, 0.1) is 12.4 Å². The summed E-state index contributed by atoms with van der Waals surface area (Å²) >= 11 is 5.54. The number of hydrogen-bond donors (Lipinski definition) is 1. The van der Waals surface area contributed by atoms with Crippen molar-refractivity contribution >= 4 is 17.5 Å². The molecule has 6 heteroatoms. The zero-order valence-corrected chi connectivity index (χ0v) is 9.12. The minimum absolute atomic E-state index is 0.254. The van der Waals surface area contributed by atoms with Crippen LogP contribution in [0.2, 0.25) is 5.15 Å². The lowest BCUT2D eigenvalue weighted by molar-refractivity contribution is 0.0943. The highest BCUT2D eigenvalue weighted by molar-refractivity contribution is 6.29. The van der Waals surface area contributed by atoms with E-state index in [1.807, 2.05) is 0 Å². The number of nitrogens with one attached hydrogen (secondary N) is 1. The van der Waals surface area contributed by atoms with Gasteiger partial charge in [-0.1, -0.05) is 11.6 Å². The van der Waals surface area contributed by atoms with Crippen molar-refractivity contribution in [3.05, 3.63) is 23.2 Å². The van der Waals surface area contributed by atoms with Gasteiger partial charge in [0.25, 0.3) is 5.91 Å². The quantitative estimate of drug-likeness (QED) is 0.762. The maximum absolute atomic E-state index is 11.4. The van der Waals surface area contributed by atoms with Crippen LogP contribution >= 0.6 is 11.6 Å². The number of methoxy groups -OCH3 is 1. The number of halogens is 1. The van der Waals surface area contributed by atoms with Crippen LogP contribution in [0.5, 0.6) is 0 Å². The molecule has 1 aromatic heterocycles. The molecule has 0 fully saturated rings. The van der Waals surface area contributed by atoms with Crippen LogP contribution in [0.1, 0.15) is 16.9 Å². The molecule has 0 radical (unpaired) electrons. The summed E-state index contributed by atoms with van der Waals surface area (Å²) < 4.78 is 4.85. The lowest BCUT2D eigenvalue weighted by atomic mass is 10.4. The molecule has 0 bridgehead atoms. The van der Waals surface area contributed by atoms with Crippen molar-refractivity contribution in [2.45, 2.75) is 6.42 Å². The molecule has 1 heterocycles. The SMILES string of the molecule is COCCCNC(=O)c1cnc(Cl)cn1. The fraction of sp³-hybridized carbons (Fsp3) is 0.444. The third-order valence-corrected chi connectivity index (χ3v) is 1.86. The van der Waals surface area contributed by atoms with Crippen molar-refractivity contribution in [2.75, 3.05) is 20.3 Å². The normalized spacial score (nSPS) is 10.0. The van der Waals surface area contributed by atoms with Gasteiger partial charge in [-0.3, -0.25) is 4.79 Å². The number of amides is 1. The zero-order chi connectivity index (χ0) is 11.1. The Labute approximate surface area is 92.8 Å². The van der Waals surface area contributed by atoms with Crippen molar-refractivity contribution in [2.24, 2.45) is 0 Å². The summed E-state index contributed by atoms with van der Waals surface area (Å²) in [7, 11) is 1.62. The highest BCUT2D eigenvalue weighted by Crippen LogP contribution is 2.00. The monoisotopic (exact) mass is 229 g/mol. The Bertz CT molecular complexity index is 316. The Morgan fingerprint density at radius 3 is 2.93 bits per heavy atom. The van der Waals surface area contributed by atoms with E-state index in [2.05, 4.69) is 15.3 Å². The molecule has 0 saturated heterocycles. The Hall–Kier alpha value is -1.20. The summed E-state index contributed by atoms with van der Waals surface area (Å²) in [4.78, 5) is 19.0. The Morgan fingerprint density at radius 1 is 1.53 bits per heavy atom. The van der Waals surface area contributed by atoms with E-state index in [4.69, 9.17) is 16.3 Å². The Morgan fingerprint density at radius 2 is 2.33 bits per heavy atom. The van der Waals surface area contributed by atoms with Gasteiger partial charge in [0, 0.05) is 20.3 Å². The largest absolute Gasteiger partial charge is 0.385 e. The minimum atomic E-state index is -0.254. The van der Waals surface area contributed by atoms with E-state index in [1.165, 1.54) is 12.4 Å². The summed E-state index contributed by atoms with van der Waals surface area (Å²) in [6.07, 6.45) is 3.45. The van der Waals surface area contributed by atoms with Gasteiger partial charge in [-0.25, -0.2) is 9.97 Å². The fourth-order valence-corrected chi connectivity index (χ4v) is 1.04. The third kappa shape index (κ3) is 4.22. The summed E-state index contributed by atoms with van der Waals surface area (Å²) in [5.74, 6) is -0.254. The topological polar surface area (TPSA) is 64.1 Å². The van der Waals surface area contributed by atoms with Crippen LogP contribution in [0, 0.1) is 0 Å². The molecule has 0 aliphatic heterocycles. The first-order chi connectivity index (χ1) is 7.24. The number of ether oxygens (including phenoxy) is 1. The maximum Gasteiger partial charge on any atom is 0.271 e. The number of hydrogen-bond acceptors (Lipinski definition) is 4. The van der Waals surface area contributed by atoms with Gasteiger partial charge >= 0.3 is 0 Å². The molecule has 0 atom stereocenters. The second kappa shape index (κ2) is 6.31. The number of aromatic nitrogens is 2. The first kappa shape index (κ1) is 11.9. The molecular weight excluding hydrogens is 218 g/mol. The van der Waals surface area contributed by atoms with Crippen molar-refractivity contribution in [3.8, 4) is 0 Å². The molecule has 1 N–H and O–H groups in total. The van der Waals surface area contributed by atoms with Crippen LogP contribution in [0.3, 0.4) is 0 Å². The molecule has 0 saturated carbocycles. The first-order valence-electron chi connectivity index (χ1n) is 4.48. The number of carbonyl (C=O) groups excluding carboxylic acids is 1. The number of nitrogens with zero attached hydrogens (tertiary/aromatic N) is 2. The average molecular weight is 230 g/mol. The van der Waals surface area contributed by atoms with E-state index in [9.17, 15) is 4.79 Å². The molecule has 0 aliphatic carbocycles. The van der Waals surface area contributed by atoms with E-state index in [1.54, 1.807) is 7.11 Å². The average Bonchev–Trinajstić information content (AvgIpc) is 2.25. The van der Waals surface area contributed by atoms with Crippen molar-refractivity contribution in [3.63, 3.8) is 0 Å². The number of carbonyl (C=O) groups is 1. The molecule has 0 unspecified atom stereocenters. The molecule has 0 aliphatic rings. The Balaban J connectivity index is 2.37. The fourth-order valence-electron chi connectivity index (χ4n) is 0.939. The molecular formula is C9H12ClN3O2. The zero-order valence-electron chi connectivity index (χ0n) is 8.36. The van der Waals surface area contributed by atoms with Crippen LogP contribution < -0.4 is 5.32 Å². The third-order valence-electron chi connectivity index (χ3n) is 1.66.